The molecule has 6 bridgehead atoms. The lowest BCUT2D eigenvalue weighted by molar-refractivity contribution is -0.134. The number of rotatable bonds is 2. The van der Waals surface area contributed by atoms with Crippen LogP contribution in [0.25, 0.3) is 11.1 Å². The van der Waals surface area contributed by atoms with Crippen LogP contribution in [0.1, 0.15) is 54.4 Å². The van der Waals surface area contributed by atoms with Crippen LogP contribution in [0.3, 0.4) is 0 Å². The fourth-order valence-electron chi connectivity index (χ4n) is 6.03. The van der Waals surface area contributed by atoms with E-state index in [1.165, 1.54) is 19.0 Å². The second-order valence-corrected chi connectivity index (χ2v) is 11.4. The van der Waals surface area contributed by atoms with Gasteiger partial charge in [0.25, 0.3) is 11.8 Å². The Bertz CT molecular complexity index is 1440. The van der Waals surface area contributed by atoms with Gasteiger partial charge >= 0.3 is 0 Å². The number of hydrogen-bond donors (Lipinski definition) is 2. The van der Waals surface area contributed by atoms with E-state index >= 15 is 0 Å². The lowest BCUT2D eigenvalue weighted by atomic mass is 9.98. The number of fused-ring (bicyclic) bond motifs is 7. The van der Waals surface area contributed by atoms with Crippen LogP contribution in [0.5, 0.6) is 11.5 Å². The predicted molar refractivity (Wildman–Crippen MR) is 157 cm³/mol. The van der Waals surface area contributed by atoms with Gasteiger partial charge in [0, 0.05) is 50.4 Å². The zero-order valence-electron chi connectivity index (χ0n) is 23.6. The molecule has 1 saturated carbocycles. The zero-order valence-corrected chi connectivity index (χ0v) is 23.6. The third kappa shape index (κ3) is 6.73. The largest absolute Gasteiger partial charge is 0.488 e. The molecule has 3 aromatic rings. The van der Waals surface area contributed by atoms with E-state index < -0.39 is 6.04 Å². The summed E-state index contributed by atoms with van der Waals surface area (Å²) in [4.78, 5) is 45.4. The Balaban J connectivity index is 1.27. The molecular formula is C33H36N4O5. The van der Waals surface area contributed by atoms with Crippen molar-refractivity contribution in [2.45, 2.75) is 57.2 Å². The second-order valence-electron chi connectivity index (χ2n) is 11.4. The Morgan fingerprint density at radius 1 is 0.929 bits per heavy atom. The van der Waals surface area contributed by atoms with E-state index in [9.17, 15) is 14.4 Å². The molecule has 4 heterocycles. The molecule has 3 aliphatic heterocycles. The molecule has 1 saturated heterocycles. The SMILES string of the molecule is O=C1COc2cccc(c2)-c2cncc(c2)C(=O)N[C@@H]2CN(C(=O)CC3CCCC3)CC[C@@H]2Oc2ccc(cc2)CN1. The first-order chi connectivity index (χ1) is 20.5. The quantitative estimate of drug-likeness (QED) is 0.482. The summed E-state index contributed by atoms with van der Waals surface area (Å²) in [6.45, 7) is 1.22. The van der Waals surface area contributed by atoms with Gasteiger partial charge < -0.3 is 25.0 Å². The van der Waals surface area contributed by atoms with E-state index in [0.717, 1.165) is 29.5 Å². The molecule has 4 aliphatic rings. The molecule has 0 spiro atoms. The van der Waals surface area contributed by atoms with Crippen molar-refractivity contribution >= 4 is 17.7 Å². The molecule has 2 fully saturated rings. The van der Waals surface area contributed by atoms with Gasteiger partial charge in [-0.3, -0.25) is 19.4 Å². The molecule has 2 N–H and O–H groups in total. The van der Waals surface area contributed by atoms with Gasteiger partial charge in [0.2, 0.25) is 5.91 Å². The van der Waals surface area contributed by atoms with E-state index in [1.54, 1.807) is 18.3 Å². The summed E-state index contributed by atoms with van der Waals surface area (Å²) in [5, 5.41) is 6.05. The maximum atomic E-state index is 13.6. The Hall–Kier alpha value is -4.40. The van der Waals surface area contributed by atoms with E-state index in [-0.39, 0.29) is 30.4 Å². The third-order valence-electron chi connectivity index (χ3n) is 8.39. The Labute approximate surface area is 245 Å². The van der Waals surface area contributed by atoms with Crippen LogP contribution in [-0.4, -0.2) is 59.4 Å². The number of carbonyl (C=O) groups is 3. The van der Waals surface area contributed by atoms with Crippen molar-refractivity contribution in [1.29, 1.82) is 0 Å². The van der Waals surface area contributed by atoms with Gasteiger partial charge in [0.15, 0.2) is 6.61 Å². The maximum Gasteiger partial charge on any atom is 0.258 e. The zero-order chi connectivity index (χ0) is 28.9. The summed E-state index contributed by atoms with van der Waals surface area (Å²) >= 11 is 0. The number of pyridine rings is 1. The number of piperidine rings is 1. The summed E-state index contributed by atoms with van der Waals surface area (Å²) in [6, 6.07) is 16.3. The number of ether oxygens (including phenoxy) is 2. The summed E-state index contributed by atoms with van der Waals surface area (Å²) in [7, 11) is 0. The molecule has 2 aromatic carbocycles. The molecule has 9 nitrogen and oxygen atoms in total. The molecule has 1 aliphatic carbocycles. The topological polar surface area (TPSA) is 110 Å². The molecule has 0 radical (unpaired) electrons. The molecular weight excluding hydrogens is 532 g/mol. The minimum absolute atomic E-state index is 0.116. The number of benzene rings is 2. The highest BCUT2D eigenvalue weighted by Crippen LogP contribution is 2.29. The lowest BCUT2D eigenvalue weighted by Crippen LogP contribution is -2.58. The van der Waals surface area contributed by atoms with Crippen molar-refractivity contribution < 1.29 is 23.9 Å². The lowest BCUT2D eigenvalue weighted by Gasteiger charge is -2.39. The van der Waals surface area contributed by atoms with Crippen LogP contribution in [0.15, 0.2) is 67.0 Å². The van der Waals surface area contributed by atoms with Gasteiger partial charge in [-0.2, -0.15) is 0 Å². The molecule has 0 unspecified atom stereocenters. The maximum absolute atomic E-state index is 13.6. The van der Waals surface area contributed by atoms with Gasteiger partial charge in [0.1, 0.15) is 17.6 Å². The minimum atomic E-state index is -0.399. The smallest absolute Gasteiger partial charge is 0.258 e. The first-order valence-electron chi connectivity index (χ1n) is 14.8. The van der Waals surface area contributed by atoms with Gasteiger partial charge in [-0.15, -0.1) is 0 Å². The summed E-state index contributed by atoms with van der Waals surface area (Å²) in [5.41, 5.74) is 2.89. The van der Waals surface area contributed by atoms with Crippen molar-refractivity contribution in [3.05, 3.63) is 78.1 Å². The van der Waals surface area contributed by atoms with Crippen LogP contribution < -0.4 is 20.1 Å². The molecule has 2 atom stereocenters. The van der Waals surface area contributed by atoms with Gasteiger partial charge in [0.05, 0.1) is 11.6 Å². The van der Waals surface area contributed by atoms with E-state index in [4.69, 9.17) is 9.47 Å². The predicted octanol–water partition coefficient (Wildman–Crippen LogP) is 4.12. The normalized spacial score (nSPS) is 21.4. The Kier molecular flexibility index (Phi) is 8.35. The monoisotopic (exact) mass is 568 g/mol. The Morgan fingerprint density at radius 3 is 2.57 bits per heavy atom. The average Bonchev–Trinajstić information content (AvgIpc) is 3.53. The number of nitrogens with zero attached hydrogens (tertiary/aromatic N) is 2. The second kappa shape index (κ2) is 12.6. The highest BCUT2D eigenvalue weighted by molar-refractivity contribution is 5.95. The van der Waals surface area contributed by atoms with Gasteiger partial charge in [-0.1, -0.05) is 37.1 Å². The number of aromatic nitrogens is 1. The van der Waals surface area contributed by atoms with Crippen molar-refractivity contribution in [2.75, 3.05) is 19.7 Å². The highest BCUT2D eigenvalue weighted by atomic mass is 16.5. The molecule has 9 heteroatoms. The Morgan fingerprint density at radius 2 is 1.74 bits per heavy atom. The average molecular weight is 569 g/mol. The molecule has 218 valence electrons. The molecule has 7 rings (SSSR count). The number of hydrogen-bond acceptors (Lipinski definition) is 6. The standard InChI is InChI=1S/C33H36N4O5/c38-31-21-41-28-7-3-6-24(16-28)25-15-26(19-34-18-25)33(40)36-29-20-37(32(39)14-22-4-1-2-5-22)13-12-30(29)42-27-10-8-23(9-11-27)17-35-31/h3,6-11,15-16,18-19,22,29-30H,1-2,4-5,12-14,17,20-21H2,(H,35,38)(H,36,40)/t29-,30+/m1/s1. The molecule has 42 heavy (non-hydrogen) atoms. The first-order valence-corrected chi connectivity index (χ1v) is 14.8. The summed E-state index contributed by atoms with van der Waals surface area (Å²) in [6.07, 6.45) is 8.70. The highest BCUT2D eigenvalue weighted by Gasteiger charge is 2.35. The summed E-state index contributed by atoms with van der Waals surface area (Å²) < 4.78 is 12.1. The fraction of sp³-hybridized carbons (Fsp3) is 0.394. The van der Waals surface area contributed by atoms with Crippen LogP contribution in [0.2, 0.25) is 0 Å². The van der Waals surface area contributed by atoms with Crippen molar-refractivity contribution in [3.8, 4) is 22.6 Å². The van der Waals surface area contributed by atoms with Crippen LogP contribution in [0, 0.1) is 5.92 Å². The third-order valence-corrected chi connectivity index (χ3v) is 8.39. The van der Waals surface area contributed by atoms with Crippen molar-refractivity contribution in [1.82, 2.24) is 20.5 Å². The molecule has 3 amide bonds. The van der Waals surface area contributed by atoms with Crippen molar-refractivity contribution in [3.63, 3.8) is 0 Å². The van der Waals surface area contributed by atoms with Crippen LogP contribution >= 0.6 is 0 Å². The first kappa shape index (κ1) is 27.8. The van der Waals surface area contributed by atoms with E-state index in [1.807, 2.05) is 47.4 Å². The fourth-order valence-corrected chi connectivity index (χ4v) is 6.03. The van der Waals surface area contributed by atoms with Gasteiger partial charge in [-0.25, -0.2) is 0 Å². The van der Waals surface area contributed by atoms with Crippen LogP contribution in [0.4, 0.5) is 0 Å². The number of likely N-dealkylation sites (tertiary alicyclic amines) is 1. The van der Waals surface area contributed by atoms with E-state index in [0.29, 0.717) is 55.5 Å². The number of carbonyl (C=O) groups excluding carboxylic acids is 3. The van der Waals surface area contributed by atoms with Crippen molar-refractivity contribution in [2.24, 2.45) is 5.92 Å². The number of amides is 3. The molecule has 1 aromatic heterocycles. The summed E-state index contributed by atoms with van der Waals surface area (Å²) in [5.74, 6) is 1.31. The van der Waals surface area contributed by atoms with Gasteiger partial charge in [-0.05, 0) is 60.2 Å². The number of nitrogens with one attached hydrogen (secondary N) is 2. The minimum Gasteiger partial charge on any atom is -0.488 e. The van der Waals surface area contributed by atoms with E-state index in [2.05, 4.69) is 15.6 Å². The van der Waals surface area contributed by atoms with Crippen LogP contribution in [-0.2, 0) is 16.1 Å².